The van der Waals surface area contributed by atoms with Crippen LogP contribution in [0.4, 0.5) is 23.2 Å². The van der Waals surface area contributed by atoms with Gasteiger partial charge in [0, 0.05) is 56.1 Å². The van der Waals surface area contributed by atoms with Crippen LogP contribution in [0.5, 0.6) is 11.6 Å². The molecule has 0 aliphatic carbocycles. The van der Waals surface area contributed by atoms with Gasteiger partial charge in [-0.15, -0.1) is 0 Å². The molecule has 0 bridgehead atoms. The Hall–Kier alpha value is -4.03. The van der Waals surface area contributed by atoms with Crippen molar-refractivity contribution < 1.29 is 31.8 Å². The molecule has 0 saturated carbocycles. The fourth-order valence-corrected chi connectivity index (χ4v) is 3.26. The highest BCUT2D eigenvalue weighted by Crippen LogP contribution is 2.32. The van der Waals surface area contributed by atoms with Gasteiger partial charge in [0.1, 0.15) is 17.9 Å². The molecule has 2 aromatic heterocycles. The molecule has 196 valence electrons. The third-order valence-corrected chi connectivity index (χ3v) is 5.06. The zero-order chi connectivity index (χ0) is 26.8. The number of rotatable bonds is 9. The number of halogens is 4. The molecule has 0 aliphatic rings. The number of anilines is 1. The summed E-state index contributed by atoms with van der Waals surface area (Å²) in [6.45, 7) is 2.10. The Balaban J connectivity index is 0.000000233. The molecule has 0 spiro atoms. The van der Waals surface area contributed by atoms with E-state index in [0.29, 0.717) is 31.2 Å². The number of fused-ring (bicyclic) bond motifs is 1. The van der Waals surface area contributed by atoms with Crippen LogP contribution in [0.15, 0.2) is 61.1 Å². The van der Waals surface area contributed by atoms with E-state index in [1.54, 1.807) is 7.11 Å². The quantitative estimate of drug-likeness (QED) is 0.186. The summed E-state index contributed by atoms with van der Waals surface area (Å²) in [6.07, 6.45) is -0.995. The number of benzene rings is 2. The molecule has 0 unspecified atom stereocenters. The summed E-state index contributed by atoms with van der Waals surface area (Å²) >= 11 is 0. The van der Waals surface area contributed by atoms with Crippen molar-refractivity contribution in [3.8, 4) is 11.6 Å². The number of aromatic nitrogens is 3. The van der Waals surface area contributed by atoms with Crippen LogP contribution in [0.3, 0.4) is 0 Å². The summed E-state index contributed by atoms with van der Waals surface area (Å²) in [7, 11) is 3.71. The van der Waals surface area contributed by atoms with Crippen molar-refractivity contribution in [1.29, 1.82) is 0 Å². The SMILES string of the molecule is COCCNCc1cc(Oc2ccc3c(ccn3C)c2)ncn1.O=CNc1ccc(F)c(C(F)(F)F)c1. The Morgan fingerprint density at radius 3 is 2.62 bits per heavy atom. The predicted octanol–water partition coefficient (Wildman–Crippen LogP) is 4.91. The summed E-state index contributed by atoms with van der Waals surface area (Å²) in [5, 5.41) is 6.39. The van der Waals surface area contributed by atoms with Crippen LogP contribution in [0.25, 0.3) is 10.9 Å². The Morgan fingerprint density at radius 2 is 1.89 bits per heavy atom. The van der Waals surface area contributed by atoms with Crippen molar-refractivity contribution in [2.45, 2.75) is 12.7 Å². The van der Waals surface area contributed by atoms with Crippen molar-refractivity contribution in [2.75, 3.05) is 25.6 Å². The van der Waals surface area contributed by atoms with Gasteiger partial charge in [0.15, 0.2) is 0 Å². The first-order valence-corrected chi connectivity index (χ1v) is 11.0. The molecule has 37 heavy (non-hydrogen) atoms. The summed E-state index contributed by atoms with van der Waals surface area (Å²) in [5.41, 5.74) is 0.549. The van der Waals surface area contributed by atoms with Gasteiger partial charge < -0.3 is 24.7 Å². The number of nitrogens with one attached hydrogen (secondary N) is 2. The van der Waals surface area contributed by atoms with E-state index in [9.17, 15) is 22.4 Å². The number of nitrogens with zero attached hydrogens (tertiary/aromatic N) is 3. The molecule has 0 radical (unpaired) electrons. The Labute approximate surface area is 210 Å². The van der Waals surface area contributed by atoms with Crippen LogP contribution in [-0.2, 0) is 29.3 Å². The predicted molar refractivity (Wildman–Crippen MR) is 130 cm³/mol. The molecular formula is C25H25F4N5O3. The van der Waals surface area contributed by atoms with Crippen LogP contribution < -0.4 is 15.4 Å². The second kappa shape index (κ2) is 12.8. The normalized spacial score (nSPS) is 11.1. The molecule has 4 aromatic rings. The fourth-order valence-electron chi connectivity index (χ4n) is 3.26. The fraction of sp³-hybridized carbons (Fsp3) is 0.240. The number of hydrogen-bond donors (Lipinski definition) is 2. The molecule has 2 N–H and O–H groups in total. The van der Waals surface area contributed by atoms with Crippen LogP contribution in [0.2, 0.25) is 0 Å². The third kappa shape index (κ3) is 7.98. The average molecular weight is 519 g/mol. The van der Waals surface area contributed by atoms with E-state index >= 15 is 0 Å². The van der Waals surface area contributed by atoms with Crippen LogP contribution in [0.1, 0.15) is 11.3 Å². The number of methoxy groups -OCH3 is 1. The Bertz CT molecular complexity index is 1330. The molecule has 0 fully saturated rings. The van der Waals surface area contributed by atoms with Crippen molar-refractivity contribution in [1.82, 2.24) is 19.9 Å². The topological polar surface area (TPSA) is 90.3 Å². The van der Waals surface area contributed by atoms with E-state index in [0.717, 1.165) is 29.4 Å². The van der Waals surface area contributed by atoms with Gasteiger partial charge in [-0.3, -0.25) is 4.79 Å². The summed E-state index contributed by atoms with van der Waals surface area (Å²) in [5.74, 6) is -0.0616. The maximum absolute atomic E-state index is 12.7. The summed E-state index contributed by atoms with van der Waals surface area (Å²) in [4.78, 5) is 18.3. The highest BCUT2D eigenvalue weighted by molar-refractivity contribution is 5.81. The smallest absolute Gasteiger partial charge is 0.419 e. The van der Waals surface area contributed by atoms with E-state index in [4.69, 9.17) is 9.47 Å². The van der Waals surface area contributed by atoms with E-state index < -0.39 is 17.6 Å². The Morgan fingerprint density at radius 1 is 1.08 bits per heavy atom. The maximum Gasteiger partial charge on any atom is 0.419 e. The molecule has 2 heterocycles. The first-order valence-electron chi connectivity index (χ1n) is 11.0. The third-order valence-electron chi connectivity index (χ3n) is 5.06. The summed E-state index contributed by atoms with van der Waals surface area (Å²) < 4.78 is 61.9. The van der Waals surface area contributed by atoms with Gasteiger partial charge >= 0.3 is 6.18 Å². The number of carbonyl (C=O) groups excluding carboxylic acids is 1. The van der Waals surface area contributed by atoms with Gasteiger partial charge in [0.05, 0.1) is 17.9 Å². The molecule has 0 atom stereocenters. The highest BCUT2D eigenvalue weighted by Gasteiger charge is 2.34. The molecule has 8 nitrogen and oxygen atoms in total. The number of aryl methyl sites for hydroxylation is 1. The van der Waals surface area contributed by atoms with Gasteiger partial charge in [0.2, 0.25) is 12.3 Å². The van der Waals surface area contributed by atoms with Gasteiger partial charge in [-0.2, -0.15) is 13.2 Å². The number of carbonyl (C=O) groups is 1. The van der Waals surface area contributed by atoms with Crippen molar-refractivity contribution >= 4 is 23.0 Å². The van der Waals surface area contributed by atoms with Gasteiger partial charge in [-0.25, -0.2) is 14.4 Å². The van der Waals surface area contributed by atoms with E-state index in [1.807, 2.05) is 42.8 Å². The maximum atomic E-state index is 12.7. The first kappa shape index (κ1) is 27.6. The highest BCUT2D eigenvalue weighted by atomic mass is 19.4. The molecule has 0 saturated heterocycles. The van der Waals surface area contributed by atoms with Crippen molar-refractivity contribution in [3.63, 3.8) is 0 Å². The van der Waals surface area contributed by atoms with Gasteiger partial charge in [-0.05, 0) is 42.5 Å². The lowest BCUT2D eigenvalue weighted by Gasteiger charge is -2.09. The monoisotopic (exact) mass is 519 g/mol. The minimum absolute atomic E-state index is 0.103. The second-order valence-corrected chi connectivity index (χ2v) is 7.72. The van der Waals surface area contributed by atoms with Crippen LogP contribution in [0, 0.1) is 5.82 Å². The van der Waals surface area contributed by atoms with E-state index in [1.165, 1.54) is 11.8 Å². The minimum Gasteiger partial charge on any atom is -0.439 e. The summed E-state index contributed by atoms with van der Waals surface area (Å²) in [6, 6.07) is 12.1. The lowest BCUT2D eigenvalue weighted by atomic mass is 10.2. The Kier molecular flexibility index (Phi) is 9.52. The largest absolute Gasteiger partial charge is 0.439 e. The molecular weight excluding hydrogens is 494 g/mol. The number of hydrogen-bond acceptors (Lipinski definition) is 6. The lowest BCUT2D eigenvalue weighted by Crippen LogP contribution is -2.19. The zero-order valence-electron chi connectivity index (χ0n) is 20.1. The minimum atomic E-state index is -4.76. The molecule has 0 aliphatic heterocycles. The molecule has 12 heteroatoms. The number of amides is 1. The van der Waals surface area contributed by atoms with Crippen LogP contribution in [-0.4, -0.2) is 41.2 Å². The lowest BCUT2D eigenvalue weighted by molar-refractivity contribution is -0.140. The van der Waals surface area contributed by atoms with Crippen LogP contribution >= 0.6 is 0 Å². The van der Waals surface area contributed by atoms with E-state index in [-0.39, 0.29) is 12.1 Å². The standard InChI is InChI=1S/C17H20N4O2.C8H5F4NO/c1-21-7-5-13-9-15(3-4-16(13)21)23-17-10-14(19-12-20-17)11-18-6-8-22-2;9-7-2-1-5(13-4-14)3-6(7)8(10,11)12/h3-5,7,9-10,12,18H,6,8,11H2,1-2H3;1-4H,(H,13,14). The first-order chi connectivity index (χ1) is 17.7. The number of ether oxygens (including phenoxy) is 2. The zero-order valence-corrected chi connectivity index (χ0v) is 20.1. The molecule has 2 aromatic carbocycles. The average Bonchev–Trinajstić information content (AvgIpc) is 3.23. The van der Waals surface area contributed by atoms with Crippen molar-refractivity contribution in [2.24, 2.45) is 7.05 Å². The van der Waals surface area contributed by atoms with Gasteiger partial charge in [0.25, 0.3) is 0 Å². The molecule has 1 amide bonds. The van der Waals surface area contributed by atoms with E-state index in [2.05, 4.69) is 25.9 Å². The molecule has 4 rings (SSSR count). The van der Waals surface area contributed by atoms with Crippen molar-refractivity contribution in [3.05, 3.63) is 78.1 Å². The number of alkyl halides is 3. The van der Waals surface area contributed by atoms with Gasteiger partial charge in [-0.1, -0.05) is 0 Å². The second-order valence-electron chi connectivity index (χ2n) is 7.72.